The zero-order chi connectivity index (χ0) is 15.2. The van der Waals surface area contributed by atoms with Crippen molar-refractivity contribution in [1.29, 1.82) is 0 Å². The maximum atomic E-state index is 5.86. The molecular formula is C15H34N4O. The fraction of sp³-hybridized carbons (Fsp3) is 0.933. The third kappa shape index (κ3) is 12.2. The fourth-order valence-corrected chi connectivity index (χ4v) is 1.89. The molecular weight excluding hydrogens is 252 g/mol. The number of hydrogen-bond acceptors (Lipinski definition) is 3. The summed E-state index contributed by atoms with van der Waals surface area (Å²) in [6.45, 7) is 7.50. The maximum absolute atomic E-state index is 5.86. The highest BCUT2D eigenvalue weighted by Crippen LogP contribution is 2.01. The predicted octanol–water partition coefficient (Wildman–Crippen LogP) is 1.83. The molecule has 0 radical (unpaired) electrons. The lowest BCUT2D eigenvalue weighted by molar-refractivity contribution is 0.0582. The van der Waals surface area contributed by atoms with Crippen LogP contribution in [0.2, 0.25) is 0 Å². The summed E-state index contributed by atoms with van der Waals surface area (Å²) in [7, 11) is 4.14. The Hall–Kier alpha value is -0.810. The smallest absolute Gasteiger partial charge is 0.188 e. The van der Waals surface area contributed by atoms with Crippen LogP contribution < -0.4 is 11.1 Å². The summed E-state index contributed by atoms with van der Waals surface area (Å²) < 4.78 is 5.68. The lowest BCUT2D eigenvalue weighted by atomic mass is 10.2. The minimum absolute atomic E-state index is 0.155. The molecule has 1 atom stereocenters. The van der Waals surface area contributed by atoms with Crippen LogP contribution in [0.25, 0.3) is 0 Å². The van der Waals surface area contributed by atoms with Gasteiger partial charge in [0.25, 0.3) is 0 Å². The van der Waals surface area contributed by atoms with E-state index in [1.807, 2.05) is 6.92 Å². The number of guanidine groups is 1. The first-order valence-electron chi connectivity index (χ1n) is 7.90. The average molecular weight is 286 g/mol. The SMILES string of the molecule is CCCCCCNC(N)=NCC(CCN(C)C)OCC. The highest BCUT2D eigenvalue weighted by atomic mass is 16.5. The van der Waals surface area contributed by atoms with Gasteiger partial charge in [0, 0.05) is 19.7 Å². The molecule has 0 aromatic carbocycles. The van der Waals surface area contributed by atoms with Gasteiger partial charge in [0.2, 0.25) is 0 Å². The van der Waals surface area contributed by atoms with Crippen molar-refractivity contribution in [1.82, 2.24) is 10.2 Å². The Labute approximate surface area is 125 Å². The van der Waals surface area contributed by atoms with Crippen LogP contribution in [0.4, 0.5) is 0 Å². The van der Waals surface area contributed by atoms with Gasteiger partial charge in [-0.1, -0.05) is 26.2 Å². The molecule has 120 valence electrons. The van der Waals surface area contributed by atoms with E-state index in [1.54, 1.807) is 0 Å². The van der Waals surface area contributed by atoms with Crippen LogP contribution in [0.5, 0.6) is 0 Å². The first-order chi connectivity index (χ1) is 9.60. The number of nitrogens with zero attached hydrogens (tertiary/aromatic N) is 2. The number of ether oxygens (including phenoxy) is 1. The van der Waals surface area contributed by atoms with Crippen molar-refractivity contribution in [2.24, 2.45) is 10.7 Å². The summed E-state index contributed by atoms with van der Waals surface area (Å²) >= 11 is 0. The van der Waals surface area contributed by atoms with Crippen LogP contribution in [-0.2, 0) is 4.74 Å². The third-order valence-electron chi connectivity index (χ3n) is 3.10. The molecule has 0 aromatic heterocycles. The summed E-state index contributed by atoms with van der Waals surface area (Å²) in [5.74, 6) is 0.538. The van der Waals surface area contributed by atoms with Gasteiger partial charge >= 0.3 is 0 Å². The minimum atomic E-state index is 0.155. The number of unbranched alkanes of at least 4 members (excludes halogenated alkanes) is 3. The van der Waals surface area contributed by atoms with Gasteiger partial charge in [-0.15, -0.1) is 0 Å². The van der Waals surface area contributed by atoms with Gasteiger partial charge in [0.05, 0.1) is 12.6 Å². The van der Waals surface area contributed by atoms with Crippen molar-refractivity contribution in [3.63, 3.8) is 0 Å². The van der Waals surface area contributed by atoms with E-state index in [9.17, 15) is 0 Å². The van der Waals surface area contributed by atoms with E-state index < -0.39 is 0 Å². The number of rotatable bonds is 12. The fourth-order valence-electron chi connectivity index (χ4n) is 1.89. The Balaban J connectivity index is 3.87. The van der Waals surface area contributed by atoms with Crippen molar-refractivity contribution in [2.75, 3.05) is 40.3 Å². The van der Waals surface area contributed by atoms with Gasteiger partial charge in [0.15, 0.2) is 5.96 Å². The van der Waals surface area contributed by atoms with Gasteiger partial charge in [-0.25, -0.2) is 0 Å². The Bertz CT molecular complexity index is 244. The molecule has 0 saturated heterocycles. The van der Waals surface area contributed by atoms with Crippen LogP contribution >= 0.6 is 0 Å². The summed E-state index contributed by atoms with van der Waals surface area (Å²) in [5, 5.41) is 3.17. The molecule has 0 fully saturated rings. The molecule has 0 aromatic rings. The van der Waals surface area contributed by atoms with E-state index in [-0.39, 0.29) is 6.10 Å². The van der Waals surface area contributed by atoms with Gasteiger partial charge in [-0.2, -0.15) is 0 Å². The highest BCUT2D eigenvalue weighted by Gasteiger charge is 2.08. The van der Waals surface area contributed by atoms with Gasteiger partial charge in [-0.3, -0.25) is 4.99 Å². The van der Waals surface area contributed by atoms with Crippen molar-refractivity contribution >= 4 is 5.96 Å². The number of hydrogen-bond donors (Lipinski definition) is 2. The Morgan fingerprint density at radius 2 is 2.00 bits per heavy atom. The third-order valence-corrected chi connectivity index (χ3v) is 3.10. The normalized spacial score (nSPS) is 13.8. The van der Waals surface area contributed by atoms with Gasteiger partial charge in [-0.05, 0) is 33.9 Å². The molecule has 0 aliphatic rings. The van der Waals surface area contributed by atoms with Crippen LogP contribution in [0.3, 0.4) is 0 Å². The number of nitrogens with two attached hydrogens (primary N) is 1. The Morgan fingerprint density at radius 1 is 1.25 bits per heavy atom. The molecule has 0 heterocycles. The van der Waals surface area contributed by atoms with Crippen LogP contribution in [0.1, 0.15) is 46.0 Å². The molecule has 0 amide bonds. The lowest BCUT2D eigenvalue weighted by Crippen LogP contribution is -2.34. The van der Waals surface area contributed by atoms with Crippen molar-refractivity contribution < 1.29 is 4.74 Å². The van der Waals surface area contributed by atoms with Crippen LogP contribution in [0, 0.1) is 0 Å². The quantitative estimate of drug-likeness (QED) is 0.326. The van der Waals surface area contributed by atoms with Gasteiger partial charge < -0.3 is 20.7 Å². The number of nitrogens with one attached hydrogen (secondary N) is 1. The zero-order valence-electron chi connectivity index (χ0n) is 13.8. The minimum Gasteiger partial charge on any atom is -0.377 e. The standard InChI is InChI=1S/C15H34N4O/c1-5-7-8-9-11-17-15(16)18-13-14(20-6-2)10-12-19(3)4/h14H,5-13H2,1-4H3,(H3,16,17,18). The lowest BCUT2D eigenvalue weighted by Gasteiger charge is -2.18. The zero-order valence-corrected chi connectivity index (χ0v) is 13.8. The van der Waals surface area contributed by atoms with E-state index >= 15 is 0 Å². The molecule has 5 nitrogen and oxygen atoms in total. The summed E-state index contributed by atoms with van der Waals surface area (Å²) in [6.07, 6.45) is 6.08. The van der Waals surface area contributed by atoms with E-state index in [4.69, 9.17) is 10.5 Å². The van der Waals surface area contributed by atoms with Crippen molar-refractivity contribution in [3.05, 3.63) is 0 Å². The van der Waals surface area contributed by atoms with Crippen LogP contribution in [0.15, 0.2) is 4.99 Å². The van der Waals surface area contributed by atoms with E-state index in [0.717, 1.165) is 32.5 Å². The van der Waals surface area contributed by atoms with E-state index in [0.29, 0.717) is 12.5 Å². The topological polar surface area (TPSA) is 62.9 Å². The average Bonchev–Trinajstić information content (AvgIpc) is 2.41. The van der Waals surface area contributed by atoms with Crippen molar-refractivity contribution in [2.45, 2.75) is 52.1 Å². The Morgan fingerprint density at radius 3 is 2.60 bits per heavy atom. The Kier molecular flexibility index (Phi) is 12.7. The second-order valence-electron chi connectivity index (χ2n) is 5.38. The summed E-state index contributed by atoms with van der Waals surface area (Å²) in [6, 6.07) is 0. The highest BCUT2D eigenvalue weighted by molar-refractivity contribution is 5.77. The molecule has 0 saturated carbocycles. The molecule has 1 unspecified atom stereocenters. The molecule has 3 N–H and O–H groups in total. The first kappa shape index (κ1) is 19.2. The number of aliphatic imine (C=N–C) groups is 1. The summed E-state index contributed by atoms with van der Waals surface area (Å²) in [4.78, 5) is 6.54. The van der Waals surface area contributed by atoms with E-state index in [2.05, 4.69) is 36.2 Å². The molecule has 0 bridgehead atoms. The molecule has 0 aliphatic carbocycles. The van der Waals surface area contributed by atoms with Crippen LogP contribution in [-0.4, -0.2) is 57.3 Å². The second kappa shape index (κ2) is 13.2. The van der Waals surface area contributed by atoms with E-state index in [1.165, 1.54) is 19.3 Å². The molecule has 0 aliphatic heterocycles. The second-order valence-corrected chi connectivity index (χ2v) is 5.38. The first-order valence-corrected chi connectivity index (χ1v) is 7.90. The predicted molar refractivity (Wildman–Crippen MR) is 87.2 cm³/mol. The molecule has 0 rings (SSSR count). The monoisotopic (exact) mass is 286 g/mol. The van der Waals surface area contributed by atoms with Crippen molar-refractivity contribution in [3.8, 4) is 0 Å². The maximum Gasteiger partial charge on any atom is 0.188 e. The molecule has 5 heteroatoms. The molecule has 0 spiro atoms. The van der Waals surface area contributed by atoms with Gasteiger partial charge in [0.1, 0.15) is 0 Å². The largest absolute Gasteiger partial charge is 0.377 e. The molecule has 20 heavy (non-hydrogen) atoms. The summed E-state index contributed by atoms with van der Waals surface area (Å²) in [5.41, 5.74) is 5.86.